The Balaban J connectivity index is 1.49. The van der Waals surface area contributed by atoms with Crippen LogP contribution in [0.15, 0.2) is 48.5 Å². The molecule has 132 valence electrons. The summed E-state index contributed by atoms with van der Waals surface area (Å²) in [4.78, 5) is 16.1. The van der Waals surface area contributed by atoms with E-state index in [4.69, 9.17) is 4.74 Å². The van der Waals surface area contributed by atoms with Gasteiger partial charge in [0.15, 0.2) is 0 Å². The quantitative estimate of drug-likeness (QED) is 0.906. The normalized spacial score (nSPS) is 14.3. The molecule has 0 saturated carbocycles. The van der Waals surface area contributed by atoms with Crippen molar-refractivity contribution >= 4 is 17.3 Å². The Morgan fingerprint density at radius 2 is 1.76 bits per heavy atom. The van der Waals surface area contributed by atoms with Crippen molar-refractivity contribution in [1.82, 2.24) is 4.90 Å². The second-order valence-electron chi connectivity index (χ2n) is 5.90. The van der Waals surface area contributed by atoms with Crippen molar-refractivity contribution in [3.8, 4) is 5.75 Å². The van der Waals surface area contributed by atoms with Crippen LogP contribution in [0.2, 0.25) is 0 Å². The first-order chi connectivity index (χ1) is 12.2. The average molecular weight is 343 g/mol. The number of ether oxygens (including phenoxy) is 1. The number of piperazine rings is 1. The van der Waals surface area contributed by atoms with Gasteiger partial charge in [-0.2, -0.15) is 0 Å². The summed E-state index contributed by atoms with van der Waals surface area (Å²) in [5, 5.41) is 3.12. The minimum Gasteiger partial charge on any atom is -0.497 e. The van der Waals surface area contributed by atoms with Crippen LogP contribution < -0.4 is 15.0 Å². The summed E-state index contributed by atoms with van der Waals surface area (Å²) in [5.41, 5.74) is 1.48. The van der Waals surface area contributed by atoms with Gasteiger partial charge in [0.2, 0.25) is 5.91 Å². The Morgan fingerprint density at radius 1 is 1.08 bits per heavy atom. The maximum atomic E-state index is 13.9. The Bertz CT molecular complexity index is 713. The molecule has 0 radical (unpaired) electrons. The lowest BCUT2D eigenvalue weighted by Gasteiger charge is -2.36. The topological polar surface area (TPSA) is 44.8 Å². The first-order valence-corrected chi connectivity index (χ1v) is 8.32. The third kappa shape index (κ3) is 4.21. The number of benzene rings is 2. The summed E-state index contributed by atoms with van der Waals surface area (Å²) in [7, 11) is 1.62. The number of halogens is 1. The fourth-order valence-electron chi connectivity index (χ4n) is 2.90. The number of amides is 1. The van der Waals surface area contributed by atoms with Crippen molar-refractivity contribution in [2.45, 2.75) is 0 Å². The van der Waals surface area contributed by atoms with E-state index < -0.39 is 0 Å². The zero-order valence-electron chi connectivity index (χ0n) is 14.2. The highest BCUT2D eigenvalue weighted by molar-refractivity contribution is 5.81. The number of carbonyl (C=O) groups is 1. The van der Waals surface area contributed by atoms with Gasteiger partial charge in [-0.15, -0.1) is 0 Å². The monoisotopic (exact) mass is 343 g/mol. The largest absolute Gasteiger partial charge is 0.497 e. The van der Waals surface area contributed by atoms with Crippen LogP contribution in [0, 0.1) is 5.82 Å². The van der Waals surface area contributed by atoms with Crippen molar-refractivity contribution < 1.29 is 13.9 Å². The minimum absolute atomic E-state index is 0.0454. The number of anilines is 2. The van der Waals surface area contributed by atoms with Crippen LogP contribution in [0.25, 0.3) is 0 Å². The van der Waals surface area contributed by atoms with Crippen molar-refractivity contribution in [2.75, 3.05) is 50.1 Å². The average Bonchev–Trinajstić information content (AvgIpc) is 2.67. The smallest absolute Gasteiger partial charge is 0.241 e. The van der Waals surface area contributed by atoms with Crippen LogP contribution >= 0.6 is 0 Å². The molecule has 6 heteroatoms. The zero-order chi connectivity index (χ0) is 17.6. The van der Waals surface area contributed by atoms with Gasteiger partial charge >= 0.3 is 0 Å². The summed E-state index contributed by atoms with van der Waals surface area (Å²) >= 11 is 0. The number of hydrogen-bond acceptors (Lipinski definition) is 4. The van der Waals surface area contributed by atoms with Crippen LogP contribution in [-0.2, 0) is 4.79 Å². The van der Waals surface area contributed by atoms with E-state index in [0.717, 1.165) is 11.4 Å². The molecule has 1 heterocycles. The van der Waals surface area contributed by atoms with Crippen molar-refractivity contribution in [3.63, 3.8) is 0 Å². The maximum Gasteiger partial charge on any atom is 0.241 e. The highest BCUT2D eigenvalue weighted by Gasteiger charge is 2.22. The molecule has 1 amide bonds. The summed E-state index contributed by atoms with van der Waals surface area (Å²) in [6.45, 7) is 2.70. The van der Waals surface area contributed by atoms with E-state index in [9.17, 15) is 9.18 Å². The molecule has 0 bridgehead atoms. The van der Waals surface area contributed by atoms with E-state index in [1.54, 1.807) is 19.2 Å². The molecule has 1 saturated heterocycles. The third-order valence-corrected chi connectivity index (χ3v) is 4.36. The van der Waals surface area contributed by atoms with E-state index in [1.165, 1.54) is 6.07 Å². The standard InChI is InChI=1S/C19H22FN3O2/c1-25-16-8-6-15(7-9-16)21-14-19(24)23-12-10-22(11-13-23)18-5-3-2-4-17(18)20/h2-9,21H,10-14H2,1H3. The van der Waals surface area contributed by atoms with Crippen LogP contribution in [0.4, 0.5) is 15.8 Å². The van der Waals surface area contributed by atoms with Gasteiger partial charge in [0, 0.05) is 31.9 Å². The molecule has 1 aliphatic rings. The van der Waals surface area contributed by atoms with Gasteiger partial charge in [0.05, 0.1) is 19.3 Å². The summed E-state index contributed by atoms with van der Waals surface area (Å²) in [5.74, 6) is 0.605. The molecule has 0 aromatic heterocycles. The predicted molar refractivity (Wildman–Crippen MR) is 96.7 cm³/mol. The van der Waals surface area contributed by atoms with E-state index in [-0.39, 0.29) is 18.3 Å². The van der Waals surface area contributed by atoms with E-state index in [0.29, 0.717) is 31.9 Å². The van der Waals surface area contributed by atoms with Gasteiger partial charge in [-0.25, -0.2) is 4.39 Å². The summed E-state index contributed by atoms with van der Waals surface area (Å²) in [6, 6.07) is 14.2. The predicted octanol–water partition coefficient (Wildman–Crippen LogP) is 2.60. The number of para-hydroxylation sites is 1. The molecule has 0 spiro atoms. The highest BCUT2D eigenvalue weighted by atomic mass is 19.1. The SMILES string of the molecule is COc1ccc(NCC(=O)N2CCN(c3ccccc3F)CC2)cc1. The molecule has 0 atom stereocenters. The zero-order valence-corrected chi connectivity index (χ0v) is 14.2. The second kappa shape index (κ2) is 7.88. The maximum absolute atomic E-state index is 13.9. The number of nitrogens with zero attached hydrogens (tertiary/aromatic N) is 2. The minimum atomic E-state index is -0.219. The van der Waals surface area contributed by atoms with Gasteiger partial charge in [0.25, 0.3) is 0 Å². The van der Waals surface area contributed by atoms with Crippen LogP contribution in [-0.4, -0.2) is 50.6 Å². The van der Waals surface area contributed by atoms with Crippen LogP contribution in [0.3, 0.4) is 0 Å². The molecule has 25 heavy (non-hydrogen) atoms. The molecule has 2 aromatic carbocycles. The van der Waals surface area contributed by atoms with Crippen LogP contribution in [0.1, 0.15) is 0 Å². The molecule has 3 rings (SSSR count). The lowest BCUT2D eigenvalue weighted by molar-refractivity contribution is -0.129. The van der Waals surface area contributed by atoms with Gasteiger partial charge in [-0.3, -0.25) is 4.79 Å². The van der Waals surface area contributed by atoms with E-state index in [1.807, 2.05) is 40.1 Å². The Kier molecular flexibility index (Phi) is 5.38. The Hall–Kier alpha value is -2.76. The second-order valence-corrected chi connectivity index (χ2v) is 5.90. The number of rotatable bonds is 5. The molecule has 1 N–H and O–H groups in total. The molecule has 5 nitrogen and oxygen atoms in total. The van der Waals surface area contributed by atoms with Crippen LogP contribution in [0.5, 0.6) is 5.75 Å². The summed E-state index contributed by atoms with van der Waals surface area (Å²) in [6.07, 6.45) is 0. The Morgan fingerprint density at radius 3 is 2.40 bits per heavy atom. The van der Waals surface area contributed by atoms with Gasteiger partial charge < -0.3 is 19.9 Å². The number of hydrogen-bond donors (Lipinski definition) is 1. The fraction of sp³-hybridized carbons (Fsp3) is 0.316. The van der Waals surface area contributed by atoms with E-state index >= 15 is 0 Å². The Labute approximate surface area is 147 Å². The van der Waals surface area contributed by atoms with Gasteiger partial charge in [-0.05, 0) is 36.4 Å². The van der Waals surface area contributed by atoms with Gasteiger partial charge in [-0.1, -0.05) is 12.1 Å². The highest BCUT2D eigenvalue weighted by Crippen LogP contribution is 2.20. The van der Waals surface area contributed by atoms with E-state index in [2.05, 4.69) is 5.32 Å². The first-order valence-electron chi connectivity index (χ1n) is 8.32. The third-order valence-electron chi connectivity index (χ3n) is 4.36. The van der Waals surface area contributed by atoms with Crippen molar-refractivity contribution in [2.24, 2.45) is 0 Å². The van der Waals surface area contributed by atoms with Crippen molar-refractivity contribution in [3.05, 3.63) is 54.3 Å². The molecule has 0 aliphatic carbocycles. The lowest BCUT2D eigenvalue weighted by atomic mass is 10.2. The molecular formula is C19H22FN3O2. The lowest BCUT2D eigenvalue weighted by Crippen LogP contribution is -2.50. The molecule has 1 fully saturated rings. The summed E-state index contributed by atoms with van der Waals surface area (Å²) < 4.78 is 19.0. The molecule has 0 unspecified atom stereocenters. The number of nitrogens with one attached hydrogen (secondary N) is 1. The fourth-order valence-corrected chi connectivity index (χ4v) is 2.90. The number of carbonyl (C=O) groups excluding carboxylic acids is 1. The molecule has 2 aromatic rings. The molecule has 1 aliphatic heterocycles. The number of methoxy groups -OCH3 is 1. The van der Waals surface area contributed by atoms with Crippen molar-refractivity contribution in [1.29, 1.82) is 0 Å². The molecular weight excluding hydrogens is 321 g/mol. The van der Waals surface area contributed by atoms with Gasteiger partial charge in [0.1, 0.15) is 11.6 Å². The first kappa shape index (κ1) is 17.1.